The molecular weight excluding hydrogens is 333 g/mol. The second-order valence-electron chi connectivity index (χ2n) is 5.03. The maximum absolute atomic E-state index is 13.4. The van der Waals surface area contributed by atoms with Gasteiger partial charge in [0.1, 0.15) is 11.4 Å². The maximum Gasteiger partial charge on any atom is 0.262 e. The lowest BCUT2D eigenvalue weighted by molar-refractivity contribution is -0.118. The highest BCUT2D eigenvalue weighted by atomic mass is 19.2. The number of aryl methyl sites for hydroxylation is 2. The van der Waals surface area contributed by atoms with Crippen LogP contribution in [0.25, 0.3) is 0 Å². The molecule has 2 aromatic carbocycles. The van der Waals surface area contributed by atoms with Gasteiger partial charge >= 0.3 is 0 Å². The molecule has 0 heterocycles. The lowest BCUT2D eigenvalue weighted by Crippen LogP contribution is -2.22. The Hall–Kier alpha value is -2.64. The van der Waals surface area contributed by atoms with Gasteiger partial charge in [-0.05, 0) is 37.1 Å². The summed E-state index contributed by atoms with van der Waals surface area (Å²) in [6.07, 6.45) is 0. The van der Waals surface area contributed by atoms with Gasteiger partial charge in [0.15, 0.2) is 29.9 Å². The van der Waals surface area contributed by atoms with Crippen molar-refractivity contribution >= 4 is 11.6 Å². The first-order chi connectivity index (χ1) is 11.2. The van der Waals surface area contributed by atoms with Crippen LogP contribution < -0.4 is 10.1 Å². The fourth-order valence-electron chi connectivity index (χ4n) is 1.84. The van der Waals surface area contributed by atoms with E-state index in [1.807, 2.05) is 13.8 Å². The lowest BCUT2D eigenvalue weighted by atomic mass is 10.1. The Morgan fingerprint density at radius 3 is 2.00 bits per heavy atom. The van der Waals surface area contributed by atoms with Crippen molar-refractivity contribution < 1.29 is 31.5 Å². The molecule has 2 rings (SSSR count). The summed E-state index contributed by atoms with van der Waals surface area (Å²) in [6, 6.07) is 4.96. The molecule has 0 saturated carbocycles. The normalized spacial score (nSPS) is 10.6. The molecule has 1 amide bonds. The van der Waals surface area contributed by atoms with Crippen LogP contribution in [-0.2, 0) is 4.79 Å². The Bertz CT molecular complexity index is 779. The SMILES string of the molecule is Cc1ccc(OCC(=O)Nc2c(F)c(F)c(F)c(F)c2F)cc1C. The Labute approximate surface area is 134 Å². The molecule has 1 N–H and O–H groups in total. The number of carbonyl (C=O) groups is 1. The van der Waals surface area contributed by atoms with Gasteiger partial charge in [0, 0.05) is 0 Å². The van der Waals surface area contributed by atoms with Gasteiger partial charge in [0.05, 0.1) is 0 Å². The van der Waals surface area contributed by atoms with Crippen LogP contribution in [0, 0.1) is 42.9 Å². The van der Waals surface area contributed by atoms with E-state index in [0.717, 1.165) is 11.1 Å². The van der Waals surface area contributed by atoms with E-state index in [9.17, 15) is 26.7 Å². The fraction of sp³-hybridized carbons (Fsp3) is 0.188. The third-order valence-corrected chi connectivity index (χ3v) is 3.32. The number of benzene rings is 2. The van der Waals surface area contributed by atoms with Crippen LogP contribution in [0.3, 0.4) is 0 Å². The van der Waals surface area contributed by atoms with E-state index in [1.165, 1.54) is 0 Å². The molecule has 0 aromatic heterocycles. The molecule has 0 saturated heterocycles. The standard InChI is InChI=1S/C16H12F5NO2/c1-7-3-4-9(5-8(7)2)24-6-10(23)22-16-14(20)12(18)11(17)13(19)15(16)21/h3-5H,6H2,1-2H3,(H,22,23). The minimum Gasteiger partial charge on any atom is -0.484 e. The molecule has 128 valence electrons. The van der Waals surface area contributed by atoms with E-state index < -0.39 is 47.3 Å². The minimum atomic E-state index is -2.30. The predicted octanol–water partition coefficient (Wildman–Crippen LogP) is 4.02. The van der Waals surface area contributed by atoms with E-state index in [-0.39, 0.29) is 0 Å². The van der Waals surface area contributed by atoms with Gasteiger partial charge in [-0.3, -0.25) is 4.79 Å². The van der Waals surface area contributed by atoms with Gasteiger partial charge in [-0.1, -0.05) is 6.07 Å². The van der Waals surface area contributed by atoms with Crippen molar-refractivity contribution in [1.29, 1.82) is 0 Å². The zero-order chi connectivity index (χ0) is 18.0. The van der Waals surface area contributed by atoms with Crippen molar-refractivity contribution in [3.63, 3.8) is 0 Å². The topological polar surface area (TPSA) is 38.3 Å². The van der Waals surface area contributed by atoms with Crippen LogP contribution in [-0.4, -0.2) is 12.5 Å². The van der Waals surface area contributed by atoms with Crippen LogP contribution in [0.1, 0.15) is 11.1 Å². The minimum absolute atomic E-state index is 0.325. The van der Waals surface area contributed by atoms with Gasteiger partial charge in [-0.15, -0.1) is 0 Å². The number of ether oxygens (including phenoxy) is 1. The number of nitrogens with one attached hydrogen (secondary N) is 1. The van der Waals surface area contributed by atoms with E-state index >= 15 is 0 Å². The zero-order valence-electron chi connectivity index (χ0n) is 12.6. The number of carbonyl (C=O) groups excluding carboxylic acids is 1. The Balaban J connectivity index is 2.11. The second kappa shape index (κ2) is 6.86. The molecule has 0 bridgehead atoms. The van der Waals surface area contributed by atoms with Crippen LogP contribution in [0.15, 0.2) is 18.2 Å². The highest BCUT2D eigenvalue weighted by Crippen LogP contribution is 2.27. The molecule has 0 atom stereocenters. The Kier molecular flexibility index (Phi) is 5.06. The van der Waals surface area contributed by atoms with Crippen LogP contribution in [0.2, 0.25) is 0 Å². The molecule has 2 aromatic rings. The van der Waals surface area contributed by atoms with Crippen LogP contribution in [0.4, 0.5) is 27.6 Å². The first-order valence-electron chi connectivity index (χ1n) is 6.73. The molecule has 0 unspecified atom stereocenters. The van der Waals surface area contributed by atoms with E-state index in [0.29, 0.717) is 5.75 Å². The number of hydrogen-bond donors (Lipinski definition) is 1. The van der Waals surface area contributed by atoms with E-state index in [4.69, 9.17) is 4.74 Å². The predicted molar refractivity (Wildman–Crippen MR) is 76.3 cm³/mol. The van der Waals surface area contributed by atoms with Crippen molar-refractivity contribution in [1.82, 2.24) is 0 Å². The average molecular weight is 345 g/mol. The summed E-state index contributed by atoms with van der Waals surface area (Å²) in [5, 5.41) is 1.62. The number of amides is 1. The molecular formula is C16H12F5NO2. The maximum atomic E-state index is 13.4. The van der Waals surface area contributed by atoms with Gasteiger partial charge in [-0.25, -0.2) is 22.0 Å². The van der Waals surface area contributed by atoms with Gasteiger partial charge in [0.25, 0.3) is 5.91 Å². The fourth-order valence-corrected chi connectivity index (χ4v) is 1.84. The summed E-state index contributed by atoms with van der Waals surface area (Å²) in [5.41, 5.74) is 0.473. The molecule has 0 spiro atoms. The van der Waals surface area contributed by atoms with E-state index in [1.54, 1.807) is 23.5 Å². The third-order valence-electron chi connectivity index (χ3n) is 3.32. The number of hydrogen-bond acceptors (Lipinski definition) is 2. The van der Waals surface area contributed by atoms with Crippen molar-refractivity contribution in [3.05, 3.63) is 58.4 Å². The first-order valence-corrected chi connectivity index (χ1v) is 6.73. The number of halogens is 5. The van der Waals surface area contributed by atoms with Gasteiger partial charge in [0.2, 0.25) is 5.82 Å². The van der Waals surface area contributed by atoms with Gasteiger partial charge < -0.3 is 10.1 Å². The molecule has 0 aliphatic rings. The van der Waals surface area contributed by atoms with Crippen molar-refractivity contribution in [2.24, 2.45) is 0 Å². The molecule has 0 aliphatic heterocycles. The molecule has 0 aliphatic carbocycles. The average Bonchev–Trinajstić information content (AvgIpc) is 2.56. The van der Waals surface area contributed by atoms with Gasteiger partial charge in [-0.2, -0.15) is 0 Å². The summed E-state index contributed by atoms with van der Waals surface area (Å²) in [5.74, 6) is -11.6. The lowest BCUT2D eigenvalue weighted by Gasteiger charge is -2.11. The summed E-state index contributed by atoms with van der Waals surface area (Å²) >= 11 is 0. The van der Waals surface area contributed by atoms with E-state index in [2.05, 4.69) is 0 Å². The Morgan fingerprint density at radius 2 is 1.46 bits per heavy atom. The van der Waals surface area contributed by atoms with Crippen LogP contribution >= 0.6 is 0 Å². The molecule has 0 fully saturated rings. The summed E-state index contributed by atoms with van der Waals surface area (Å²) < 4.78 is 71.0. The first kappa shape index (κ1) is 17.7. The van der Waals surface area contributed by atoms with Crippen molar-refractivity contribution in [2.45, 2.75) is 13.8 Å². The largest absolute Gasteiger partial charge is 0.484 e. The monoisotopic (exact) mass is 345 g/mol. The summed E-state index contributed by atoms with van der Waals surface area (Å²) in [7, 11) is 0. The highest BCUT2D eigenvalue weighted by Gasteiger charge is 2.26. The highest BCUT2D eigenvalue weighted by molar-refractivity contribution is 5.92. The quantitative estimate of drug-likeness (QED) is 0.516. The second-order valence-corrected chi connectivity index (χ2v) is 5.03. The smallest absolute Gasteiger partial charge is 0.262 e. The number of anilines is 1. The van der Waals surface area contributed by atoms with Crippen molar-refractivity contribution in [3.8, 4) is 5.75 Å². The molecule has 3 nitrogen and oxygen atoms in total. The molecule has 0 radical (unpaired) electrons. The third kappa shape index (κ3) is 3.47. The summed E-state index contributed by atoms with van der Waals surface area (Å²) in [6.45, 7) is 3.02. The zero-order valence-corrected chi connectivity index (χ0v) is 12.6. The Morgan fingerprint density at radius 1 is 0.917 bits per heavy atom. The molecule has 8 heteroatoms. The molecule has 24 heavy (non-hydrogen) atoms. The van der Waals surface area contributed by atoms with Crippen LogP contribution in [0.5, 0.6) is 5.75 Å². The summed E-state index contributed by atoms with van der Waals surface area (Å²) in [4.78, 5) is 11.6. The number of rotatable bonds is 4. The van der Waals surface area contributed by atoms with Crippen molar-refractivity contribution in [2.75, 3.05) is 11.9 Å².